The maximum Gasteiger partial charge on any atom is 0.0159 e. The molecule has 13 rings (SSSR count). The highest BCUT2D eigenvalue weighted by atomic mass is 14.4. The van der Waals surface area contributed by atoms with E-state index in [-0.39, 0.29) is 5.41 Å². The van der Waals surface area contributed by atoms with Gasteiger partial charge in [0.1, 0.15) is 0 Å². The molecule has 0 radical (unpaired) electrons. The highest BCUT2D eigenvalue weighted by molar-refractivity contribution is 6.25. The number of hydrogen-bond acceptors (Lipinski definition) is 0. The monoisotopic (exact) mass is 824 g/mol. The van der Waals surface area contributed by atoms with Crippen LogP contribution in [0.2, 0.25) is 0 Å². The smallest absolute Gasteiger partial charge is 0.0159 e. The van der Waals surface area contributed by atoms with Gasteiger partial charge in [-0.05, 0) is 150 Å². The number of rotatable bonds is 5. The first-order valence-corrected chi connectivity index (χ1v) is 22.8. The van der Waals surface area contributed by atoms with Gasteiger partial charge in [0.25, 0.3) is 0 Å². The minimum absolute atomic E-state index is 0.120. The lowest BCUT2D eigenvalue weighted by Gasteiger charge is -2.23. The van der Waals surface area contributed by atoms with Gasteiger partial charge in [0.2, 0.25) is 0 Å². The Hall–Kier alpha value is -8.06. The summed E-state index contributed by atoms with van der Waals surface area (Å²) in [4.78, 5) is 0. The van der Waals surface area contributed by atoms with E-state index in [1.54, 1.807) is 0 Å². The Labute approximate surface area is 379 Å². The molecular weight excluding hydrogens is 781 g/mol. The zero-order valence-electron chi connectivity index (χ0n) is 36.4. The average Bonchev–Trinajstić information content (AvgIpc) is 3.59. The number of benzene rings is 12. The third-order valence-electron chi connectivity index (χ3n) is 14.4. The molecule has 0 N–H and O–H groups in total. The van der Waals surface area contributed by atoms with E-state index in [9.17, 15) is 0 Å². The van der Waals surface area contributed by atoms with Crippen molar-refractivity contribution in [3.8, 4) is 66.8 Å². The summed E-state index contributed by atoms with van der Waals surface area (Å²) in [5.41, 5.74) is 17.8. The highest BCUT2D eigenvalue weighted by Crippen LogP contribution is 2.52. The zero-order chi connectivity index (χ0) is 43.2. The van der Waals surface area contributed by atoms with Gasteiger partial charge in [0.15, 0.2) is 0 Å². The normalized spacial score (nSPS) is 12.9. The summed E-state index contributed by atoms with van der Waals surface area (Å²) < 4.78 is 0. The summed E-state index contributed by atoms with van der Waals surface area (Å²) in [7, 11) is 0. The van der Waals surface area contributed by atoms with Crippen LogP contribution in [-0.4, -0.2) is 0 Å². The molecule has 12 aromatic rings. The molecule has 0 bridgehead atoms. The summed E-state index contributed by atoms with van der Waals surface area (Å²) in [6.07, 6.45) is 0. The molecule has 0 heterocycles. The van der Waals surface area contributed by atoms with Crippen LogP contribution in [0.15, 0.2) is 231 Å². The van der Waals surface area contributed by atoms with E-state index in [0.29, 0.717) is 0 Å². The number of fused-ring (bicyclic) bond motifs is 8. The van der Waals surface area contributed by atoms with Crippen molar-refractivity contribution in [2.24, 2.45) is 0 Å². The van der Waals surface area contributed by atoms with E-state index in [4.69, 9.17) is 0 Å². The van der Waals surface area contributed by atoms with Crippen LogP contribution in [0.4, 0.5) is 0 Å². The maximum atomic E-state index is 2.51. The maximum absolute atomic E-state index is 2.51. The molecule has 12 aromatic carbocycles. The van der Waals surface area contributed by atoms with Crippen LogP contribution in [0.3, 0.4) is 0 Å². The van der Waals surface area contributed by atoms with Crippen LogP contribution in [0.1, 0.15) is 25.0 Å². The summed E-state index contributed by atoms with van der Waals surface area (Å²) >= 11 is 0. The van der Waals surface area contributed by atoms with Gasteiger partial charge in [-0.15, -0.1) is 0 Å². The van der Waals surface area contributed by atoms with E-state index in [2.05, 4.69) is 244 Å². The van der Waals surface area contributed by atoms with Crippen LogP contribution in [0.25, 0.3) is 121 Å². The lowest BCUT2D eigenvalue weighted by Crippen LogP contribution is -2.14. The second-order valence-corrected chi connectivity index (χ2v) is 18.3. The van der Waals surface area contributed by atoms with Gasteiger partial charge in [0, 0.05) is 5.41 Å². The van der Waals surface area contributed by atoms with Gasteiger partial charge < -0.3 is 0 Å². The summed E-state index contributed by atoms with van der Waals surface area (Å²) in [5.74, 6) is 0. The lowest BCUT2D eigenvalue weighted by atomic mass is 9.80. The molecule has 0 saturated heterocycles. The van der Waals surface area contributed by atoms with Gasteiger partial charge in [-0.2, -0.15) is 0 Å². The zero-order valence-corrected chi connectivity index (χ0v) is 36.4. The molecular formula is C65H44. The third kappa shape index (κ3) is 5.77. The van der Waals surface area contributed by atoms with Crippen molar-refractivity contribution in [3.05, 3.63) is 242 Å². The van der Waals surface area contributed by atoms with Crippen LogP contribution in [0, 0.1) is 0 Å². The molecule has 0 nitrogen and oxygen atoms in total. The minimum atomic E-state index is -0.120. The van der Waals surface area contributed by atoms with Crippen molar-refractivity contribution < 1.29 is 0 Å². The Balaban J connectivity index is 1.10. The minimum Gasteiger partial charge on any atom is -0.0622 e. The summed E-state index contributed by atoms with van der Waals surface area (Å²) in [6, 6.07) is 86.2. The topological polar surface area (TPSA) is 0 Å². The Morgan fingerprint density at radius 2 is 0.631 bits per heavy atom. The van der Waals surface area contributed by atoms with Crippen molar-refractivity contribution in [3.63, 3.8) is 0 Å². The molecule has 0 amide bonds. The van der Waals surface area contributed by atoms with Crippen molar-refractivity contribution in [2.45, 2.75) is 19.3 Å². The first kappa shape index (κ1) is 37.5. The summed E-state index contributed by atoms with van der Waals surface area (Å²) in [6.45, 7) is 4.77. The van der Waals surface area contributed by atoms with Gasteiger partial charge >= 0.3 is 0 Å². The average molecular weight is 825 g/mol. The van der Waals surface area contributed by atoms with Crippen molar-refractivity contribution in [1.29, 1.82) is 0 Å². The second kappa shape index (κ2) is 14.5. The molecule has 1 aliphatic rings. The van der Waals surface area contributed by atoms with Gasteiger partial charge in [-0.3, -0.25) is 0 Å². The van der Waals surface area contributed by atoms with Crippen molar-refractivity contribution in [2.75, 3.05) is 0 Å². The molecule has 0 spiro atoms. The SMILES string of the molecule is CC1(C)c2ccccc2-c2ccc(-c3c4ccccc4c(-c4ccc5ccccc5c4)c4ccc(-c5c6ccccc6c(-c6ccc(-c7ccccc7)cc6)c6ccccc56)cc34)cc21. The molecule has 0 heteroatoms. The Morgan fingerprint density at radius 1 is 0.231 bits per heavy atom. The number of hydrogen-bond donors (Lipinski definition) is 0. The van der Waals surface area contributed by atoms with Crippen molar-refractivity contribution in [1.82, 2.24) is 0 Å². The fraction of sp³-hybridized carbons (Fsp3) is 0.0462. The Kier molecular flexibility index (Phi) is 8.36. The third-order valence-corrected chi connectivity index (χ3v) is 14.4. The van der Waals surface area contributed by atoms with Crippen LogP contribution in [0.5, 0.6) is 0 Å². The molecule has 65 heavy (non-hydrogen) atoms. The predicted molar refractivity (Wildman–Crippen MR) is 279 cm³/mol. The predicted octanol–water partition coefficient (Wildman–Crippen LogP) is 18.1. The van der Waals surface area contributed by atoms with Crippen LogP contribution in [-0.2, 0) is 5.41 Å². The van der Waals surface area contributed by atoms with Gasteiger partial charge in [-0.1, -0.05) is 226 Å². The lowest BCUT2D eigenvalue weighted by molar-refractivity contribution is 0.660. The van der Waals surface area contributed by atoms with E-state index in [1.807, 2.05) is 0 Å². The fourth-order valence-electron chi connectivity index (χ4n) is 11.4. The molecule has 304 valence electrons. The first-order valence-electron chi connectivity index (χ1n) is 22.8. The first-order chi connectivity index (χ1) is 32.0. The molecule has 0 aliphatic heterocycles. The highest BCUT2D eigenvalue weighted by Gasteiger charge is 2.35. The van der Waals surface area contributed by atoms with E-state index >= 15 is 0 Å². The van der Waals surface area contributed by atoms with Crippen molar-refractivity contribution >= 4 is 53.9 Å². The molecule has 0 aromatic heterocycles. The Bertz CT molecular complexity index is 3830. The van der Waals surface area contributed by atoms with Crippen LogP contribution < -0.4 is 0 Å². The Morgan fingerprint density at radius 3 is 1.28 bits per heavy atom. The fourth-order valence-corrected chi connectivity index (χ4v) is 11.4. The molecule has 0 unspecified atom stereocenters. The molecule has 0 fully saturated rings. The second-order valence-electron chi connectivity index (χ2n) is 18.3. The molecule has 0 atom stereocenters. The van der Waals surface area contributed by atoms with E-state index in [1.165, 1.54) is 132 Å². The largest absolute Gasteiger partial charge is 0.0622 e. The van der Waals surface area contributed by atoms with Gasteiger partial charge in [0.05, 0.1) is 0 Å². The standard InChI is InChI=1S/C65H44/c1-65(2)59-27-15-14-20-49(59)50-36-34-48(40-60(50)65)64-56-26-13-12-25-55(56)62(46-33-30-42-18-6-7-19-45(42)38-46)57-37-35-47(39-58(57)64)63-53-23-10-8-21-51(53)61(52-22-9-11-24-54(52)63)44-31-28-43(29-32-44)41-16-4-3-5-17-41/h3-40H,1-2H3. The van der Waals surface area contributed by atoms with E-state index in [0.717, 1.165) is 0 Å². The van der Waals surface area contributed by atoms with E-state index < -0.39 is 0 Å². The quantitative estimate of drug-likeness (QED) is 0.152. The summed E-state index contributed by atoms with van der Waals surface area (Å²) in [5, 5.41) is 12.5. The van der Waals surface area contributed by atoms with Gasteiger partial charge in [-0.25, -0.2) is 0 Å². The molecule has 0 saturated carbocycles. The van der Waals surface area contributed by atoms with Crippen LogP contribution >= 0.6 is 0 Å². The molecule has 1 aliphatic carbocycles.